The first-order valence-electron chi connectivity index (χ1n) is 8.10. The quantitative estimate of drug-likeness (QED) is 0.849. The van der Waals surface area contributed by atoms with E-state index in [1.54, 1.807) is 7.11 Å². The fourth-order valence-corrected chi connectivity index (χ4v) is 3.81. The summed E-state index contributed by atoms with van der Waals surface area (Å²) in [6, 6.07) is 7.39. The van der Waals surface area contributed by atoms with Crippen LogP contribution in [0.2, 0.25) is 0 Å². The third-order valence-electron chi connectivity index (χ3n) is 4.41. The van der Waals surface area contributed by atoms with E-state index in [4.69, 9.17) is 4.74 Å². The molecule has 8 heteroatoms. The number of rotatable bonds is 5. The smallest absolute Gasteiger partial charge is 0.307 e. The van der Waals surface area contributed by atoms with Gasteiger partial charge < -0.3 is 15.2 Å². The number of nitrogens with zero attached hydrogens (tertiary/aromatic N) is 2. The van der Waals surface area contributed by atoms with Crippen molar-refractivity contribution in [3.8, 4) is 16.3 Å². The molecule has 3 rings (SSSR count). The lowest BCUT2D eigenvalue weighted by Crippen LogP contribution is -2.36. The van der Waals surface area contributed by atoms with Crippen LogP contribution in [0, 0.1) is 11.8 Å². The number of methoxy groups -OCH3 is 1. The molecule has 1 aliphatic rings. The van der Waals surface area contributed by atoms with Crippen molar-refractivity contribution in [3.05, 3.63) is 24.3 Å². The first-order valence-corrected chi connectivity index (χ1v) is 8.91. The van der Waals surface area contributed by atoms with Crippen molar-refractivity contribution < 1.29 is 19.4 Å². The van der Waals surface area contributed by atoms with E-state index >= 15 is 0 Å². The molecule has 0 unspecified atom stereocenters. The minimum Gasteiger partial charge on any atom is -0.497 e. The van der Waals surface area contributed by atoms with Gasteiger partial charge in [-0.1, -0.05) is 24.2 Å². The van der Waals surface area contributed by atoms with Gasteiger partial charge in [-0.05, 0) is 37.1 Å². The van der Waals surface area contributed by atoms with Crippen molar-refractivity contribution in [1.29, 1.82) is 0 Å². The molecule has 2 aromatic rings. The standard InChI is InChI=1S/C17H19N3O4S/c1-24-11-8-6-10(7-9-11)15-19-20-17(25-15)18-14(21)12-4-2-3-5-13(12)16(22)23/h6-9,12-13H,2-5H2,1H3,(H,22,23)(H,18,20,21)/t12-,13-/m0/s1. The minimum atomic E-state index is -0.906. The molecule has 1 fully saturated rings. The molecule has 0 saturated heterocycles. The van der Waals surface area contributed by atoms with Crippen molar-refractivity contribution in [2.45, 2.75) is 25.7 Å². The van der Waals surface area contributed by atoms with Crippen LogP contribution in [0.4, 0.5) is 5.13 Å². The van der Waals surface area contributed by atoms with Crippen LogP contribution < -0.4 is 10.1 Å². The van der Waals surface area contributed by atoms with Gasteiger partial charge in [-0.25, -0.2) is 0 Å². The van der Waals surface area contributed by atoms with Gasteiger partial charge in [0.2, 0.25) is 11.0 Å². The average molecular weight is 361 g/mol. The third kappa shape index (κ3) is 3.96. The van der Waals surface area contributed by atoms with Crippen LogP contribution in [-0.2, 0) is 9.59 Å². The number of nitrogens with one attached hydrogen (secondary N) is 1. The molecule has 132 valence electrons. The number of benzene rings is 1. The monoisotopic (exact) mass is 361 g/mol. The lowest BCUT2D eigenvalue weighted by molar-refractivity contribution is -0.147. The third-order valence-corrected chi connectivity index (χ3v) is 5.30. The maximum atomic E-state index is 12.5. The molecule has 0 spiro atoms. The molecule has 1 aromatic heterocycles. The fraction of sp³-hybridized carbons (Fsp3) is 0.412. The molecule has 1 saturated carbocycles. The molecule has 2 atom stereocenters. The molecule has 1 aromatic carbocycles. The second-order valence-electron chi connectivity index (χ2n) is 5.97. The van der Waals surface area contributed by atoms with E-state index in [2.05, 4.69) is 15.5 Å². The average Bonchev–Trinajstić information content (AvgIpc) is 3.10. The lowest BCUT2D eigenvalue weighted by Gasteiger charge is -2.26. The Morgan fingerprint density at radius 3 is 2.48 bits per heavy atom. The first kappa shape index (κ1) is 17.3. The number of hydrogen-bond donors (Lipinski definition) is 2. The molecule has 0 radical (unpaired) electrons. The van der Waals surface area contributed by atoms with Crippen molar-refractivity contribution >= 4 is 28.3 Å². The number of carboxylic acid groups (broad SMARTS) is 1. The van der Waals surface area contributed by atoms with E-state index in [0.29, 0.717) is 23.0 Å². The van der Waals surface area contributed by atoms with E-state index in [0.717, 1.165) is 24.2 Å². The molecule has 1 amide bonds. The zero-order valence-electron chi connectivity index (χ0n) is 13.8. The number of carboxylic acids is 1. The predicted octanol–water partition coefficient (Wildman–Crippen LogP) is 3.04. The van der Waals surface area contributed by atoms with Gasteiger partial charge in [-0.15, -0.1) is 10.2 Å². The highest BCUT2D eigenvalue weighted by Crippen LogP contribution is 2.32. The Balaban J connectivity index is 1.69. The molecule has 7 nitrogen and oxygen atoms in total. The summed E-state index contributed by atoms with van der Waals surface area (Å²) in [5.74, 6) is -1.58. The largest absolute Gasteiger partial charge is 0.497 e. The minimum absolute atomic E-state index is 0.287. The van der Waals surface area contributed by atoms with Crippen LogP contribution in [0.1, 0.15) is 25.7 Å². The lowest BCUT2D eigenvalue weighted by atomic mass is 9.79. The summed E-state index contributed by atoms with van der Waals surface area (Å²) in [4.78, 5) is 23.8. The summed E-state index contributed by atoms with van der Waals surface area (Å²) in [6.45, 7) is 0. The van der Waals surface area contributed by atoms with Gasteiger partial charge in [0.15, 0.2) is 0 Å². The highest BCUT2D eigenvalue weighted by molar-refractivity contribution is 7.18. The summed E-state index contributed by atoms with van der Waals surface area (Å²) < 4.78 is 5.12. The highest BCUT2D eigenvalue weighted by Gasteiger charge is 2.36. The van der Waals surface area contributed by atoms with Gasteiger partial charge >= 0.3 is 5.97 Å². The molecule has 1 aliphatic carbocycles. The van der Waals surface area contributed by atoms with Gasteiger partial charge in [0.1, 0.15) is 10.8 Å². The second kappa shape index (κ2) is 7.60. The number of ether oxygens (including phenoxy) is 1. The van der Waals surface area contributed by atoms with Gasteiger partial charge in [-0.2, -0.15) is 0 Å². The number of aliphatic carboxylic acids is 1. The van der Waals surface area contributed by atoms with Crippen LogP contribution >= 0.6 is 11.3 Å². The van der Waals surface area contributed by atoms with Gasteiger partial charge in [0, 0.05) is 5.56 Å². The first-order chi connectivity index (χ1) is 12.1. The van der Waals surface area contributed by atoms with Crippen molar-refractivity contribution in [2.75, 3.05) is 12.4 Å². The van der Waals surface area contributed by atoms with Crippen LogP contribution in [0.5, 0.6) is 5.75 Å². The van der Waals surface area contributed by atoms with Gasteiger partial charge in [0.25, 0.3) is 0 Å². The zero-order chi connectivity index (χ0) is 17.8. The molecule has 25 heavy (non-hydrogen) atoms. The van der Waals surface area contributed by atoms with Crippen LogP contribution in [-0.4, -0.2) is 34.3 Å². The van der Waals surface area contributed by atoms with Gasteiger partial charge in [-0.3, -0.25) is 9.59 Å². The SMILES string of the molecule is COc1ccc(-c2nnc(NC(=O)[C@H]3CCCC[C@@H]3C(=O)O)s2)cc1. The number of carbonyl (C=O) groups excluding carboxylic acids is 1. The topological polar surface area (TPSA) is 101 Å². The van der Waals surface area contributed by atoms with Crippen LogP contribution in [0.15, 0.2) is 24.3 Å². The van der Waals surface area contributed by atoms with Crippen LogP contribution in [0.25, 0.3) is 10.6 Å². The second-order valence-corrected chi connectivity index (χ2v) is 6.94. The molecule has 1 heterocycles. The van der Waals surface area contributed by atoms with E-state index in [9.17, 15) is 14.7 Å². The Labute approximate surface area is 149 Å². The van der Waals surface area contributed by atoms with Crippen molar-refractivity contribution in [1.82, 2.24) is 10.2 Å². The fourth-order valence-electron chi connectivity index (χ4n) is 3.06. The molecule has 0 bridgehead atoms. The van der Waals surface area contributed by atoms with Crippen LogP contribution in [0.3, 0.4) is 0 Å². The van der Waals surface area contributed by atoms with Crippen molar-refractivity contribution in [3.63, 3.8) is 0 Å². The predicted molar refractivity (Wildman–Crippen MR) is 93.6 cm³/mol. The number of carbonyl (C=O) groups is 2. The van der Waals surface area contributed by atoms with E-state index < -0.39 is 17.8 Å². The highest BCUT2D eigenvalue weighted by atomic mass is 32.1. The Hall–Kier alpha value is -2.48. The summed E-state index contributed by atoms with van der Waals surface area (Å²) in [6.07, 6.45) is 2.85. The van der Waals surface area contributed by atoms with E-state index in [1.165, 1.54) is 11.3 Å². The summed E-state index contributed by atoms with van der Waals surface area (Å²) in [5.41, 5.74) is 0.875. The number of aromatic nitrogens is 2. The maximum Gasteiger partial charge on any atom is 0.307 e. The van der Waals surface area contributed by atoms with E-state index in [-0.39, 0.29) is 5.91 Å². The molecule has 0 aliphatic heterocycles. The number of amides is 1. The molecular formula is C17H19N3O4S. The Kier molecular flexibility index (Phi) is 5.28. The number of anilines is 1. The Morgan fingerprint density at radius 2 is 1.84 bits per heavy atom. The summed E-state index contributed by atoms with van der Waals surface area (Å²) in [7, 11) is 1.60. The van der Waals surface area contributed by atoms with E-state index in [1.807, 2.05) is 24.3 Å². The normalized spacial score (nSPS) is 20.0. The molecular weight excluding hydrogens is 342 g/mol. The molecule has 2 N–H and O–H groups in total. The number of hydrogen-bond acceptors (Lipinski definition) is 6. The van der Waals surface area contributed by atoms with Gasteiger partial charge in [0.05, 0.1) is 18.9 Å². The Bertz CT molecular complexity index is 760. The Morgan fingerprint density at radius 1 is 1.16 bits per heavy atom. The maximum absolute atomic E-state index is 12.5. The summed E-state index contributed by atoms with van der Waals surface area (Å²) in [5, 5.41) is 21.2. The summed E-state index contributed by atoms with van der Waals surface area (Å²) >= 11 is 1.26. The van der Waals surface area contributed by atoms with Crippen molar-refractivity contribution in [2.24, 2.45) is 11.8 Å². The zero-order valence-corrected chi connectivity index (χ0v) is 14.6.